The molecule has 0 bridgehead atoms. The summed E-state index contributed by atoms with van der Waals surface area (Å²) in [6, 6.07) is 0. The Morgan fingerprint density at radius 1 is 1.11 bits per heavy atom. The van der Waals surface area contributed by atoms with Gasteiger partial charge in [-0.3, -0.25) is 0 Å². The maximum absolute atomic E-state index is 3.56. The Bertz CT molecular complexity index is 116. The van der Waals surface area contributed by atoms with Gasteiger partial charge in [-0.1, -0.05) is 50.8 Å². The molecule has 0 fully saturated rings. The summed E-state index contributed by atoms with van der Waals surface area (Å²) >= 11 is 0. The third kappa shape index (κ3) is 7.22. The molecule has 0 saturated heterocycles. The van der Waals surface area contributed by atoms with Crippen LogP contribution in [-0.4, -0.2) is 0 Å². The van der Waals surface area contributed by atoms with Crippen molar-refractivity contribution in [3.8, 4) is 0 Å². The third-order valence-electron chi connectivity index (χ3n) is 0.854. The maximum atomic E-state index is 3.56. The minimum atomic E-state index is 0.638. The van der Waals surface area contributed by atoms with Gasteiger partial charge in [0.15, 0.2) is 0 Å². The van der Waals surface area contributed by atoms with E-state index in [4.69, 9.17) is 0 Å². The topological polar surface area (TPSA) is 0 Å². The Labute approximate surface area is 57.6 Å². The van der Waals surface area contributed by atoms with Crippen LogP contribution < -0.4 is 0 Å². The van der Waals surface area contributed by atoms with Crippen molar-refractivity contribution in [2.24, 2.45) is 5.92 Å². The van der Waals surface area contributed by atoms with Crippen molar-refractivity contribution in [2.75, 3.05) is 0 Å². The highest BCUT2D eigenvalue weighted by Gasteiger charge is 1.78. The SMILES string of the molecule is C=C/C=C\C=C/C(C)C. The van der Waals surface area contributed by atoms with Gasteiger partial charge in [-0.05, 0) is 5.92 Å². The predicted molar refractivity (Wildman–Crippen MR) is 43.3 cm³/mol. The van der Waals surface area contributed by atoms with Crippen LogP contribution in [0.5, 0.6) is 0 Å². The number of allylic oxidation sites excluding steroid dienone is 5. The van der Waals surface area contributed by atoms with E-state index in [0.29, 0.717) is 5.92 Å². The average Bonchev–Trinajstić information content (AvgIpc) is 1.80. The van der Waals surface area contributed by atoms with Crippen LogP contribution in [0.15, 0.2) is 37.0 Å². The molecule has 0 N–H and O–H groups in total. The lowest BCUT2D eigenvalue weighted by molar-refractivity contribution is 0.832. The van der Waals surface area contributed by atoms with E-state index >= 15 is 0 Å². The van der Waals surface area contributed by atoms with Gasteiger partial charge in [-0.25, -0.2) is 0 Å². The lowest BCUT2D eigenvalue weighted by atomic mass is 10.2. The Balaban J connectivity index is 3.46. The lowest BCUT2D eigenvalue weighted by Gasteiger charge is -1.88. The molecule has 0 aliphatic heterocycles. The van der Waals surface area contributed by atoms with Crippen LogP contribution in [0, 0.1) is 5.92 Å². The molecular weight excluding hydrogens is 108 g/mol. The molecule has 9 heavy (non-hydrogen) atoms. The van der Waals surface area contributed by atoms with Gasteiger partial charge >= 0.3 is 0 Å². The van der Waals surface area contributed by atoms with Crippen molar-refractivity contribution >= 4 is 0 Å². The van der Waals surface area contributed by atoms with E-state index in [1.807, 2.05) is 18.2 Å². The fourth-order valence-electron chi connectivity index (χ4n) is 0.429. The Morgan fingerprint density at radius 3 is 2.22 bits per heavy atom. The predicted octanol–water partition coefficient (Wildman–Crippen LogP) is 2.94. The van der Waals surface area contributed by atoms with Crippen LogP contribution in [0.1, 0.15) is 13.8 Å². The fourth-order valence-corrected chi connectivity index (χ4v) is 0.429. The average molecular weight is 122 g/mol. The van der Waals surface area contributed by atoms with Crippen LogP contribution in [0.25, 0.3) is 0 Å². The van der Waals surface area contributed by atoms with E-state index in [1.165, 1.54) is 0 Å². The first kappa shape index (κ1) is 8.22. The normalized spacial score (nSPS) is 11.9. The second kappa shape index (κ2) is 5.36. The van der Waals surface area contributed by atoms with E-state index in [2.05, 4.69) is 26.5 Å². The van der Waals surface area contributed by atoms with Gasteiger partial charge in [0.25, 0.3) is 0 Å². The van der Waals surface area contributed by atoms with E-state index < -0.39 is 0 Å². The summed E-state index contributed by atoms with van der Waals surface area (Å²) in [7, 11) is 0. The first-order valence-electron chi connectivity index (χ1n) is 3.23. The standard InChI is InChI=1S/C9H14/c1-4-5-6-7-8-9(2)3/h4-9H,1H2,2-3H3/b6-5-,8-7-. The highest BCUT2D eigenvalue weighted by Crippen LogP contribution is 1.92. The lowest BCUT2D eigenvalue weighted by Crippen LogP contribution is -1.74. The molecular formula is C9H14. The van der Waals surface area contributed by atoms with Crippen molar-refractivity contribution in [3.63, 3.8) is 0 Å². The molecule has 0 aromatic rings. The molecule has 0 nitrogen and oxygen atoms in total. The summed E-state index contributed by atoms with van der Waals surface area (Å²) in [5, 5.41) is 0. The summed E-state index contributed by atoms with van der Waals surface area (Å²) in [5.41, 5.74) is 0. The zero-order chi connectivity index (χ0) is 7.11. The quantitative estimate of drug-likeness (QED) is 0.505. The second-order valence-corrected chi connectivity index (χ2v) is 2.25. The molecule has 0 saturated carbocycles. The van der Waals surface area contributed by atoms with Crippen LogP contribution in [0.4, 0.5) is 0 Å². The van der Waals surface area contributed by atoms with E-state index in [1.54, 1.807) is 6.08 Å². The van der Waals surface area contributed by atoms with E-state index in [-0.39, 0.29) is 0 Å². The molecule has 0 aliphatic rings. The smallest absolute Gasteiger partial charge is 0.0287 e. The summed E-state index contributed by atoms with van der Waals surface area (Å²) in [4.78, 5) is 0. The van der Waals surface area contributed by atoms with Crippen LogP contribution in [-0.2, 0) is 0 Å². The highest BCUT2D eigenvalue weighted by atomic mass is 13.8. The number of hydrogen-bond acceptors (Lipinski definition) is 0. The largest absolute Gasteiger partial charge is 0.0991 e. The van der Waals surface area contributed by atoms with Crippen molar-refractivity contribution < 1.29 is 0 Å². The highest BCUT2D eigenvalue weighted by molar-refractivity contribution is 5.09. The molecule has 0 heteroatoms. The summed E-state index contributed by atoms with van der Waals surface area (Å²) < 4.78 is 0. The van der Waals surface area contributed by atoms with Crippen molar-refractivity contribution in [2.45, 2.75) is 13.8 Å². The molecule has 0 radical (unpaired) electrons. The summed E-state index contributed by atoms with van der Waals surface area (Å²) in [6.45, 7) is 7.86. The molecule has 0 amide bonds. The molecule has 0 unspecified atom stereocenters. The monoisotopic (exact) mass is 122 g/mol. The first-order chi connectivity index (χ1) is 4.27. The molecule has 50 valence electrons. The van der Waals surface area contributed by atoms with Gasteiger partial charge in [-0.15, -0.1) is 0 Å². The molecule has 0 rings (SSSR count). The zero-order valence-corrected chi connectivity index (χ0v) is 6.17. The Hall–Kier alpha value is -0.780. The maximum Gasteiger partial charge on any atom is -0.0287 e. The van der Waals surface area contributed by atoms with E-state index in [0.717, 1.165) is 0 Å². The second-order valence-electron chi connectivity index (χ2n) is 2.25. The van der Waals surface area contributed by atoms with Crippen LogP contribution in [0.3, 0.4) is 0 Å². The van der Waals surface area contributed by atoms with Gasteiger partial charge in [0.1, 0.15) is 0 Å². The van der Waals surface area contributed by atoms with Gasteiger partial charge in [0.05, 0.1) is 0 Å². The van der Waals surface area contributed by atoms with Gasteiger partial charge in [0.2, 0.25) is 0 Å². The molecule has 0 spiro atoms. The molecule has 0 aromatic heterocycles. The molecule has 0 atom stereocenters. The summed E-state index contributed by atoms with van der Waals surface area (Å²) in [5.74, 6) is 0.638. The third-order valence-corrected chi connectivity index (χ3v) is 0.854. The summed E-state index contributed by atoms with van der Waals surface area (Å²) in [6.07, 6.45) is 9.84. The first-order valence-corrected chi connectivity index (χ1v) is 3.23. The Morgan fingerprint density at radius 2 is 1.78 bits per heavy atom. The van der Waals surface area contributed by atoms with Crippen LogP contribution in [0.2, 0.25) is 0 Å². The van der Waals surface area contributed by atoms with Crippen molar-refractivity contribution in [1.29, 1.82) is 0 Å². The zero-order valence-electron chi connectivity index (χ0n) is 6.17. The van der Waals surface area contributed by atoms with Gasteiger partial charge < -0.3 is 0 Å². The minimum Gasteiger partial charge on any atom is -0.0991 e. The van der Waals surface area contributed by atoms with Crippen molar-refractivity contribution in [3.05, 3.63) is 37.0 Å². The molecule has 0 aliphatic carbocycles. The minimum absolute atomic E-state index is 0.638. The van der Waals surface area contributed by atoms with Gasteiger partial charge in [-0.2, -0.15) is 0 Å². The fraction of sp³-hybridized carbons (Fsp3) is 0.333. The number of rotatable bonds is 3. The Kier molecular flexibility index (Phi) is 4.89. The van der Waals surface area contributed by atoms with Crippen LogP contribution >= 0.6 is 0 Å². The molecule has 0 heterocycles. The molecule has 0 aromatic carbocycles. The van der Waals surface area contributed by atoms with E-state index in [9.17, 15) is 0 Å². The number of hydrogen-bond donors (Lipinski definition) is 0. The van der Waals surface area contributed by atoms with Crippen molar-refractivity contribution in [1.82, 2.24) is 0 Å². The van der Waals surface area contributed by atoms with Gasteiger partial charge in [0, 0.05) is 0 Å².